The van der Waals surface area contributed by atoms with Gasteiger partial charge < -0.3 is 20.3 Å². The van der Waals surface area contributed by atoms with Gasteiger partial charge in [-0.05, 0) is 25.0 Å². The van der Waals surface area contributed by atoms with Gasteiger partial charge in [0.15, 0.2) is 23.2 Å². The SMILES string of the molecule is OC1[C@@H](CC#Cc2ccccc2F)O[C@@H](n2cnc3c(NC4CCCC4)ncnc32)[C@H]1O. The number of aromatic nitrogens is 4. The van der Waals surface area contributed by atoms with E-state index in [1.807, 2.05) is 0 Å². The number of fused-ring (bicyclic) bond motifs is 1. The van der Waals surface area contributed by atoms with Crippen LogP contribution in [-0.2, 0) is 4.74 Å². The van der Waals surface area contributed by atoms with Crippen LogP contribution in [0.15, 0.2) is 36.9 Å². The Morgan fingerprint density at radius 1 is 1.12 bits per heavy atom. The van der Waals surface area contributed by atoms with Crippen LogP contribution >= 0.6 is 0 Å². The predicted molar refractivity (Wildman–Crippen MR) is 115 cm³/mol. The molecule has 2 aliphatic rings. The summed E-state index contributed by atoms with van der Waals surface area (Å²) >= 11 is 0. The summed E-state index contributed by atoms with van der Waals surface area (Å²) in [4.78, 5) is 13.1. The third kappa shape index (κ3) is 3.93. The highest BCUT2D eigenvalue weighted by Crippen LogP contribution is 2.33. The molecule has 4 atom stereocenters. The summed E-state index contributed by atoms with van der Waals surface area (Å²) in [7, 11) is 0. The molecule has 0 radical (unpaired) electrons. The largest absolute Gasteiger partial charge is 0.387 e. The Balaban J connectivity index is 1.34. The van der Waals surface area contributed by atoms with Crippen molar-refractivity contribution in [1.82, 2.24) is 19.5 Å². The highest BCUT2D eigenvalue weighted by Gasteiger charge is 2.44. The van der Waals surface area contributed by atoms with Crippen LogP contribution in [0.4, 0.5) is 10.2 Å². The van der Waals surface area contributed by atoms with E-state index >= 15 is 0 Å². The van der Waals surface area contributed by atoms with Crippen LogP contribution in [0.3, 0.4) is 0 Å². The van der Waals surface area contributed by atoms with Crippen LogP contribution < -0.4 is 5.32 Å². The second-order valence-electron chi connectivity index (χ2n) is 8.20. The highest BCUT2D eigenvalue weighted by molar-refractivity contribution is 5.82. The van der Waals surface area contributed by atoms with Crippen molar-refractivity contribution in [2.75, 3.05) is 5.32 Å². The number of rotatable bonds is 4. The zero-order chi connectivity index (χ0) is 22.1. The maximum atomic E-state index is 13.7. The number of nitrogens with one attached hydrogen (secondary N) is 1. The first-order valence-electron chi connectivity index (χ1n) is 10.8. The van der Waals surface area contributed by atoms with Crippen LogP contribution in [0.25, 0.3) is 11.2 Å². The summed E-state index contributed by atoms with van der Waals surface area (Å²) in [5.41, 5.74) is 1.37. The molecule has 1 aliphatic carbocycles. The molecule has 1 saturated carbocycles. The molecule has 3 aromatic rings. The van der Waals surface area contributed by atoms with E-state index in [1.54, 1.807) is 22.8 Å². The van der Waals surface area contributed by atoms with Crippen molar-refractivity contribution in [2.24, 2.45) is 0 Å². The first-order chi connectivity index (χ1) is 15.6. The van der Waals surface area contributed by atoms with Gasteiger partial charge >= 0.3 is 0 Å². The number of nitrogens with zero attached hydrogens (tertiary/aromatic N) is 4. The summed E-state index contributed by atoms with van der Waals surface area (Å²) in [5, 5.41) is 24.6. The van der Waals surface area contributed by atoms with Crippen molar-refractivity contribution in [2.45, 2.75) is 62.7 Å². The van der Waals surface area contributed by atoms with E-state index in [0.29, 0.717) is 23.0 Å². The monoisotopic (exact) mass is 437 g/mol. The Hall–Kier alpha value is -3.06. The summed E-state index contributed by atoms with van der Waals surface area (Å²) in [6, 6.07) is 6.59. The molecule has 5 rings (SSSR count). The van der Waals surface area contributed by atoms with Crippen molar-refractivity contribution in [1.29, 1.82) is 0 Å². The maximum absolute atomic E-state index is 13.7. The Morgan fingerprint density at radius 3 is 2.75 bits per heavy atom. The van der Waals surface area contributed by atoms with E-state index in [9.17, 15) is 14.6 Å². The molecule has 3 N–H and O–H groups in total. The number of benzene rings is 1. The second-order valence-corrected chi connectivity index (χ2v) is 8.20. The Bertz CT molecular complexity index is 1170. The molecule has 9 heteroatoms. The number of aliphatic hydroxyl groups is 2. The molecule has 0 spiro atoms. The fourth-order valence-electron chi connectivity index (χ4n) is 4.34. The molecular weight excluding hydrogens is 413 g/mol. The topological polar surface area (TPSA) is 105 Å². The van der Waals surface area contributed by atoms with E-state index < -0.39 is 30.4 Å². The first-order valence-corrected chi connectivity index (χ1v) is 10.8. The molecule has 1 aliphatic heterocycles. The molecule has 0 bridgehead atoms. The fraction of sp³-hybridized carbons (Fsp3) is 0.435. The minimum Gasteiger partial charge on any atom is -0.387 e. The smallest absolute Gasteiger partial charge is 0.167 e. The van der Waals surface area contributed by atoms with Gasteiger partial charge in [-0.25, -0.2) is 19.3 Å². The van der Waals surface area contributed by atoms with Gasteiger partial charge in [-0.2, -0.15) is 0 Å². The van der Waals surface area contributed by atoms with Crippen molar-refractivity contribution < 1.29 is 19.3 Å². The molecule has 166 valence electrons. The lowest BCUT2D eigenvalue weighted by molar-refractivity contribution is -0.0332. The Labute approximate surface area is 184 Å². The lowest BCUT2D eigenvalue weighted by atomic mass is 10.1. The number of aliphatic hydroxyl groups excluding tert-OH is 2. The molecule has 1 unspecified atom stereocenters. The first kappa shape index (κ1) is 20.8. The number of anilines is 1. The lowest BCUT2D eigenvalue weighted by Crippen LogP contribution is -2.31. The van der Waals surface area contributed by atoms with Crippen molar-refractivity contribution in [3.8, 4) is 11.8 Å². The lowest BCUT2D eigenvalue weighted by Gasteiger charge is -2.17. The van der Waals surface area contributed by atoms with Gasteiger partial charge in [-0.15, -0.1) is 0 Å². The minimum atomic E-state index is -1.19. The average Bonchev–Trinajstić information content (AvgIpc) is 3.52. The molecule has 1 saturated heterocycles. The molecule has 32 heavy (non-hydrogen) atoms. The zero-order valence-corrected chi connectivity index (χ0v) is 17.4. The van der Waals surface area contributed by atoms with Gasteiger partial charge in [-0.1, -0.05) is 36.8 Å². The molecular formula is C23H24FN5O3. The summed E-state index contributed by atoms with van der Waals surface area (Å²) in [6.07, 6.45) is 3.77. The van der Waals surface area contributed by atoms with Crippen LogP contribution in [0.2, 0.25) is 0 Å². The molecule has 1 aromatic carbocycles. The molecule has 8 nitrogen and oxygen atoms in total. The van der Waals surface area contributed by atoms with Gasteiger partial charge in [0.2, 0.25) is 0 Å². The number of hydrogen-bond donors (Lipinski definition) is 3. The molecule has 0 amide bonds. The van der Waals surface area contributed by atoms with E-state index in [4.69, 9.17) is 4.74 Å². The van der Waals surface area contributed by atoms with Crippen molar-refractivity contribution in [3.05, 3.63) is 48.3 Å². The van der Waals surface area contributed by atoms with Crippen molar-refractivity contribution in [3.63, 3.8) is 0 Å². The van der Waals surface area contributed by atoms with E-state index in [-0.39, 0.29) is 12.0 Å². The molecule has 3 heterocycles. The van der Waals surface area contributed by atoms with Gasteiger partial charge in [-0.3, -0.25) is 4.57 Å². The Morgan fingerprint density at radius 2 is 1.94 bits per heavy atom. The fourth-order valence-corrected chi connectivity index (χ4v) is 4.34. The number of imidazole rings is 1. The van der Waals surface area contributed by atoms with Gasteiger partial charge in [0.25, 0.3) is 0 Å². The highest BCUT2D eigenvalue weighted by atomic mass is 19.1. The van der Waals surface area contributed by atoms with Gasteiger partial charge in [0.1, 0.15) is 24.4 Å². The minimum absolute atomic E-state index is 0.138. The quantitative estimate of drug-likeness (QED) is 0.538. The van der Waals surface area contributed by atoms with Gasteiger partial charge in [0.05, 0.1) is 18.0 Å². The third-order valence-corrected chi connectivity index (χ3v) is 6.07. The van der Waals surface area contributed by atoms with Crippen molar-refractivity contribution >= 4 is 17.0 Å². The van der Waals surface area contributed by atoms with Crippen LogP contribution in [-0.4, -0.2) is 54.1 Å². The molecule has 2 fully saturated rings. The number of halogens is 1. The standard InChI is InChI=1S/C23H24FN5O3/c24-16-10-4-1-6-14(16)7-5-11-17-19(30)20(31)23(32-17)29-13-27-18-21(25-12-26-22(18)29)28-15-8-2-3-9-15/h1,4,6,10,12-13,15,17,19-20,23,30-31H,2-3,8-9,11H2,(H,25,26,28)/t17-,19?,20+,23-/m1/s1. The molecule has 2 aromatic heterocycles. The summed E-state index contributed by atoms with van der Waals surface area (Å²) in [6.45, 7) is 0. The third-order valence-electron chi connectivity index (χ3n) is 6.07. The number of ether oxygens (including phenoxy) is 1. The Kier molecular flexibility index (Phi) is 5.74. The predicted octanol–water partition coefficient (Wildman–Crippen LogP) is 2.38. The van der Waals surface area contributed by atoms with Gasteiger partial charge in [0, 0.05) is 12.5 Å². The van der Waals surface area contributed by atoms with Crippen LogP contribution in [0.1, 0.15) is 43.9 Å². The van der Waals surface area contributed by atoms with E-state index in [2.05, 4.69) is 32.1 Å². The second kappa shape index (κ2) is 8.82. The van der Waals surface area contributed by atoms with Crippen LogP contribution in [0, 0.1) is 17.7 Å². The average molecular weight is 437 g/mol. The zero-order valence-electron chi connectivity index (χ0n) is 17.4. The number of hydrogen-bond acceptors (Lipinski definition) is 7. The summed E-state index contributed by atoms with van der Waals surface area (Å²) < 4.78 is 21.3. The van der Waals surface area contributed by atoms with Crippen LogP contribution in [0.5, 0.6) is 0 Å². The van der Waals surface area contributed by atoms with E-state index in [0.717, 1.165) is 12.8 Å². The summed E-state index contributed by atoms with van der Waals surface area (Å²) in [5.74, 6) is 5.84. The maximum Gasteiger partial charge on any atom is 0.167 e. The normalized spacial score (nSPS) is 25.7. The van der Waals surface area contributed by atoms with E-state index in [1.165, 1.54) is 31.6 Å².